The Bertz CT molecular complexity index is 1010. The van der Waals surface area contributed by atoms with E-state index in [-0.39, 0.29) is 9.92 Å². The third-order valence-corrected chi connectivity index (χ3v) is 4.77. The zero-order valence-corrected chi connectivity index (χ0v) is 13.8. The average molecular weight is 369 g/mol. The zero-order valence-electron chi connectivity index (χ0n) is 11.5. The van der Waals surface area contributed by atoms with Crippen molar-refractivity contribution in [1.82, 2.24) is 4.98 Å². The predicted octanol–water partition coefficient (Wildman–Crippen LogP) is 4.53. The molecule has 8 heteroatoms. The van der Waals surface area contributed by atoms with Crippen LogP contribution in [-0.2, 0) is 10.1 Å². The number of rotatable bonds is 3. The quantitative estimate of drug-likeness (QED) is 0.663. The van der Waals surface area contributed by atoms with Crippen LogP contribution in [0.1, 0.15) is 0 Å². The van der Waals surface area contributed by atoms with Gasteiger partial charge in [-0.3, -0.25) is 9.54 Å². The van der Waals surface area contributed by atoms with Crippen molar-refractivity contribution in [2.75, 3.05) is 5.32 Å². The van der Waals surface area contributed by atoms with Gasteiger partial charge in [0.1, 0.15) is 4.90 Å². The van der Waals surface area contributed by atoms with Gasteiger partial charge in [0.05, 0.1) is 10.5 Å². The molecule has 1 aromatic heterocycles. The summed E-state index contributed by atoms with van der Waals surface area (Å²) in [5, 5.41) is 4.51. The molecule has 0 aliphatic heterocycles. The Kier molecular flexibility index (Phi) is 4.16. The van der Waals surface area contributed by atoms with Gasteiger partial charge in [0.2, 0.25) is 0 Å². The largest absolute Gasteiger partial charge is 0.355 e. The second kappa shape index (κ2) is 5.98. The van der Waals surface area contributed by atoms with E-state index in [2.05, 4.69) is 10.3 Å². The van der Waals surface area contributed by atoms with Crippen LogP contribution in [0.3, 0.4) is 0 Å². The fourth-order valence-electron chi connectivity index (χ4n) is 2.17. The van der Waals surface area contributed by atoms with Crippen LogP contribution in [0.2, 0.25) is 10.0 Å². The highest BCUT2D eigenvalue weighted by atomic mass is 35.5. The fraction of sp³-hybridized carbons (Fsp3) is 0. The first-order valence-corrected chi connectivity index (χ1v) is 8.62. The van der Waals surface area contributed by atoms with Crippen molar-refractivity contribution < 1.29 is 13.0 Å². The number of fused-ring (bicyclic) bond motifs is 1. The molecule has 0 saturated carbocycles. The molecule has 2 N–H and O–H groups in total. The summed E-state index contributed by atoms with van der Waals surface area (Å²) >= 11 is 11.9. The maximum absolute atomic E-state index is 11.2. The highest BCUT2D eigenvalue weighted by molar-refractivity contribution is 7.86. The molecule has 0 bridgehead atoms. The van der Waals surface area contributed by atoms with Crippen LogP contribution in [0.5, 0.6) is 0 Å². The minimum absolute atomic E-state index is 0.0705. The van der Waals surface area contributed by atoms with Gasteiger partial charge < -0.3 is 5.32 Å². The number of hydrogen-bond donors (Lipinski definition) is 2. The van der Waals surface area contributed by atoms with Gasteiger partial charge in [-0.2, -0.15) is 8.42 Å². The molecule has 5 nitrogen and oxygen atoms in total. The fourth-order valence-corrected chi connectivity index (χ4v) is 3.36. The molecule has 3 rings (SSSR count). The summed E-state index contributed by atoms with van der Waals surface area (Å²) in [6.45, 7) is 0. The second-order valence-corrected chi connectivity index (χ2v) is 7.00. The van der Waals surface area contributed by atoms with Gasteiger partial charge in [-0.15, -0.1) is 0 Å². The van der Waals surface area contributed by atoms with Gasteiger partial charge >= 0.3 is 0 Å². The number of hydrogen-bond acceptors (Lipinski definition) is 4. The van der Waals surface area contributed by atoms with E-state index in [0.29, 0.717) is 10.7 Å². The Morgan fingerprint density at radius 2 is 1.83 bits per heavy atom. The summed E-state index contributed by atoms with van der Waals surface area (Å²) in [4.78, 5) is 3.91. The molecule has 118 valence electrons. The summed E-state index contributed by atoms with van der Waals surface area (Å²) in [6, 6.07) is 11.3. The van der Waals surface area contributed by atoms with E-state index in [0.717, 1.165) is 16.6 Å². The predicted molar refractivity (Wildman–Crippen MR) is 91.3 cm³/mol. The van der Waals surface area contributed by atoms with E-state index in [1.807, 2.05) is 6.07 Å². The van der Waals surface area contributed by atoms with Crippen LogP contribution in [0.4, 0.5) is 11.4 Å². The van der Waals surface area contributed by atoms with Gasteiger partial charge in [0.25, 0.3) is 10.1 Å². The van der Waals surface area contributed by atoms with Crippen molar-refractivity contribution in [3.05, 3.63) is 58.7 Å². The maximum atomic E-state index is 11.2. The van der Waals surface area contributed by atoms with Crippen molar-refractivity contribution >= 4 is 55.6 Å². The third kappa shape index (κ3) is 3.40. The van der Waals surface area contributed by atoms with Crippen LogP contribution in [0.15, 0.2) is 53.6 Å². The number of halogens is 2. The van der Waals surface area contributed by atoms with E-state index in [4.69, 9.17) is 27.8 Å². The molecule has 0 aliphatic rings. The van der Waals surface area contributed by atoms with Crippen LogP contribution in [0, 0.1) is 0 Å². The van der Waals surface area contributed by atoms with E-state index in [1.165, 1.54) is 18.2 Å². The Labute approximate surface area is 142 Å². The molecule has 0 amide bonds. The molecule has 0 atom stereocenters. The molecule has 0 unspecified atom stereocenters. The van der Waals surface area contributed by atoms with E-state index >= 15 is 0 Å². The molecule has 0 radical (unpaired) electrons. The number of aromatic nitrogens is 1. The Hall–Kier alpha value is -1.86. The molecule has 2 aromatic carbocycles. The zero-order chi connectivity index (χ0) is 16.6. The van der Waals surface area contributed by atoms with E-state index in [9.17, 15) is 8.42 Å². The summed E-state index contributed by atoms with van der Waals surface area (Å²) in [5.74, 6) is 0. The Morgan fingerprint density at radius 1 is 1.04 bits per heavy atom. The lowest BCUT2D eigenvalue weighted by Gasteiger charge is -2.11. The number of nitrogens with one attached hydrogen (secondary N) is 1. The van der Waals surface area contributed by atoms with Crippen molar-refractivity contribution in [1.29, 1.82) is 0 Å². The molecule has 0 aliphatic carbocycles. The molecule has 0 fully saturated rings. The number of anilines is 2. The van der Waals surface area contributed by atoms with E-state index < -0.39 is 10.1 Å². The molecule has 23 heavy (non-hydrogen) atoms. The van der Waals surface area contributed by atoms with Crippen LogP contribution in [-0.4, -0.2) is 18.0 Å². The van der Waals surface area contributed by atoms with Gasteiger partial charge in [-0.25, -0.2) is 0 Å². The summed E-state index contributed by atoms with van der Waals surface area (Å²) < 4.78 is 31.4. The lowest BCUT2D eigenvalue weighted by Crippen LogP contribution is -2.00. The monoisotopic (exact) mass is 368 g/mol. The number of benzene rings is 2. The molecule has 0 saturated heterocycles. The minimum Gasteiger partial charge on any atom is -0.355 e. The number of nitrogens with zero attached hydrogens (tertiary/aromatic N) is 1. The Morgan fingerprint density at radius 3 is 2.52 bits per heavy atom. The average Bonchev–Trinajstić information content (AvgIpc) is 2.46. The minimum atomic E-state index is -4.35. The van der Waals surface area contributed by atoms with Gasteiger partial charge in [0, 0.05) is 28.0 Å². The maximum Gasteiger partial charge on any atom is 0.296 e. The molecular formula is C15H10Cl2N2O3S. The lowest BCUT2D eigenvalue weighted by atomic mass is 10.2. The van der Waals surface area contributed by atoms with Crippen LogP contribution < -0.4 is 5.32 Å². The van der Waals surface area contributed by atoms with Gasteiger partial charge in [0.15, 0.2) is 0 Å². The highest BCUT2D eigenvalue weighted by Crippen LogP contribution is 2.30. The second-order valence-electron chi connectivity index (χ2n) is 4.77. The smallest absolute Gasteiger partial charge is 0.296 e. The first kappa shape index (κ1) is 16.0. The van der Waals surface area contributed by atoms with Crippen LogP contribution >= 0.6 is 23.2 Å². The van der Waals surface area contributed by atoms with Gasteiger partial charge in [-0.1, -0.05) is 23.2 Å². The van der Waals surface area contributed by atoms with Gasteiger partial charge in [-0.05, 0) is 42.5 Å². The summed E-state index contributed by atoms with van der Waals surface area (Å²) in [5.41, 5.74) is 2.07. The standard InChI is InChI=1S/C15H10Cl2N2O3S/c16-9-1-3-11-13(5-6-18-14(11)7-9)19-10-2-4-15(12(17)8-10)23(20,21)22/h1-8H,(H,18,19)(H,20,21,22). The molecular weight excluding hydrogens is 359 g/mol. The van der Waals surface area contributed by atoms with Crippen molar-refractivity contribution in [2.24, 2.45) is 0 Å². The summed E-state index contributed by atoms with van der Waals surface area (Å²) in [7, 11) is -4.35. The number of pyridine rings is 1. The SMILES string of the molecule is O=S(=O)(O)c1ccc(Nc2ccnc3cc(Cl)ccc23)cc1Cl. The third-order valence-electron chi connectivity index (χ3n) is 3.19. The van der Waals surface area contributed by atoms with Crippen molar-refractivity contribution in [3.63, 3.8) is 0 Å². The van der Waals surface area contributed by atoms with Crippen molar-refractivity contribution in [3.8, 4) is 0 Å². The Balaban J connectivity index is 2.01. The molecule has 1 heterocycles. The van der Waals surface area contributed by atoms with Crippen LogP contribution in [0.25, 0.3) is 10.9 Å². The molecule has 0 spiro atoms. The van der Waals surface area contributed by atoms with Crippen molar-refractivity contribution in [2.45, 2.75) is 4.90 Å². The first-order chi connectivity index (χ1) is 10.8. The summed E-state index contributed by atoms with van der Waals surface area (Å²) in [6.07, 6.45) is 1.63. The highest BCUT2D eigenvalue weighted by Gasteiger charge is 2.14. The lowest BCUT2D eigenvalue weighted by molar-refractivity contribution is 0.483. The molecule has 3 aromatic rings. The topological polar surface area (TPSA) is 79.3 Å². The normalized spacial score (nSPS) is 11.6. The van der Waals surface area contributed by atoms with E-state index in [1.54, 1.807) is 24.4 Å². The first-order valence-electron chi connectivity index (χ1n) is 6.43.